The van der Waals surface area contributed by atoms with Gasteiger partial charge in [0.2, 0.25) is 0 Å². The van der Waals surface area contributed by atoms with Crippen molar-refractivity contribution >= 4 is 29.8 Å². The second-order valence-corrected chi connectivity index (χ2v) is 14.6. The molecule has 334 valence electrons. The van der Waals surface area contributed by atoms with Crippen LogP contribution in [0.4, 0.5) is 0 Å². The summed E-state index contributed by atoms with van der Waals surface area (Å²) >= 11 is 0. The molecule has 0 aromatic carbocycles. The molecule has 0 aliphatic carbocycles. The minimum absolute atomic E-state index is 0.167. The van der Waals surface area contributed by atoms with Crippen LogP contribution in [0.1, 0.15) is 116 Å². The topological polar surface area (TPSA) is 292 Å². The summed E-state index contributed by atoms with van der Waals surface area (Å²) in [6.07, 6.45) is -2.97. The fraction of sp³-hybridized carbons (Fsp3) is 0.821. The largest absolute Gasteiger partial charge is 0.481 e. The van der Waals surface area contributed by atoms with E-state index in [1.54, 1.807) is 6.92 Å². The van der Waals surface area contributed by atoms with E-state index in [1.165, 1.54) is 7.11 Å². The van der Waals surface area contributed by atoms with E-state index in [4.69, 9.17) is 38.6 Å². The van der Waals surface area contributed by atoms with Crippen molar-refractivity contribution in [3.63, 3.8) is 0 Å². The molecule has 0 bridgehead atoms. The monoisotopic (exact) mass is 836 g/mol. The molecule has 0 aromatic heterocycles. The molecule has 58 heavy (non-hydrogen) atoms. The highest BCUT2D eigenvalue weighted by atomic mass is 16.8. The standard InChI is InChI=1S/C39H64O19/c1-24(16-14-12-10-8-6-4-3-5-7-9-11-13-15-17-29(44)52-2)55-39-37(35(50)33(48)26(57-39)23-54-31(46)21-19-28(42)43)58-38-36(51)34(49)32(47)25(56-38)22-53-30(45)20-18-27(40)41/h3-4,24-26,32-39,47-51H,5-23H2,1-2H3,(H,40,41)(H,42,43)/b4-3-/t24-,25-,26-,32-,33-,34+,35+,36-,37-,38+,39-/m1/s1. The number of methoxy groups -OCH3 is 1. The molecule has 0 radical (unpaired) electrons. The number of aliphatic hydroxyl groups is 5. The lowest BCUT2D eigenvalue weighted by atomic mass is 9.97. The highest BCUT2D eigenvalue weighted by Gasteiger charge is 2.51. The number of carboxylic acids is 2. The number of carbonyl (C=O) groups is 5. The molecule has 0 amide bonds. The van der Waals surface area contributed by atoms with Crippen LogP contribution >= 0.6 is 0 Å². The van der Waals surface area contributed by atoms with Gasteiger partial charge in [-0.1, -0.05) is 50.7 Å². The minimum Gasteiger partial charge on any atom is -0.481 e. The van der Waals surface area contributed by atoms with Gasteiger partial charge in [-0.05, 0) is 45.4 Å². The minimum atomic E-state index is -1.91. The van der Waals surface area contributed by atoms with Gasteiger partial charge in [0.1, 0.15) is 62.0 Å². The zero-order valence-electron chi connectivity index (χ0n) is 33.5. The van der Waals surface area contributed by atoms with Gasteiger partial charge in [0, 0.05) is 6.42 Å². The first-order valence-corrected chi connectivity index (χ1v) is 20.1. The Balaban J connectivity index is 1.94. The summed E-state index contributed by atoms with van der Waals surface area (Å²) in [4.78, 5) is 56.8. The highest BCUT2D eigenvalue weighted by molar-refractivity contribution is 5.77. The molecule has 11 atom stereocenters. The lowest BCUT2D eigenvalue weighted by Crippen LogP contribution is -2.65. The molecule has 19 heteroatoms. The number of ether oxygens (including phenoxy) is 7. The summed E-state index contributed by atoms with van der Waals surface area (Å²) < 4.78 is 38.1. The molecule has 0 spiro atoms. The maximum Gasteiger partial charge on any atom is 0.306 e. The molecule has 2 aliphatic rings. The Morgan fingerprint density at radius 1 is 0.569 bits per heavy atom. The Morgan fingerprint density at radius 3 is 1.59 bits per heavy atom. The Morgan fingerprint density at radius 2 is 1.05 bits per heavy atom. The maximum absolute atomic E-state index is 12.1. The fourth-order valence-electron chi connectivity index (χ4n) is 6.28. The van der Waals surface area contributed by atoms with Crippen molar-refractivity contribution in [3.8, 4) is 0 Å². The second kappa shape index (κ2) is 28.2. The molecule has 2 heterocycles. The normalized spacial score (nSPS) is 27.8. The lowest BCUT2D eigenvalue weighted by Gasteiger charge is -2.46. The second-order valence-electron chi connectivity index (χ2n) is 14.6. The zero-order valence-corrected chi connectivity index (χ0v) is 33.5. The van der Waals surface area contributed by atoms with Crippen LogP contribution in [0.3, 0.4) is 0 Å². The van der Waals surface area contributed by atoms with E-state index in [2.05, 4.69) is 16.9 Å². The number of hydrogen-bond donors (Lipinski definition) is 7. The molecular formula is C39H64O19. The molecular weight excluding hydrogens is 772 g/mol. The Bertz CT molecular complexity index is 1260. The van der Waals surface area contributed by atoms with Gasteiger partial charge in [-0.3, -0.25) is 24.0 Å². The van der Waals surface area contributed by atoms with Crippen LogP contribution in [0.2, 0.25) is 0 Å². The first-order chi connectivity index (χ1) is 27.6. The van der Waals surface area contributed by atoms with Gasteiger partial charge in [0.05, 0.1) is 38.9 Å². The van der Waals surface area contributed by atoms with Gasteiger partial charge in [0.15, 0.2) is 12.6 Å². The van der Waals surface area contributed by atoms with Crippen LogP contribution in [0, 0.1) is 0 Å². The van der Waals surface area contributed by atoms with E-state index < -0.39 is 130 Å². The van der Waals surface area contributed by atoms with Crippen LogP contribution in [0.5, 0.6) is 0 Å². The molecule has 0 unspecified atom stereocenters. The highest BCUT2D eigenvalue weighted by Crippen LogP contribution is 2.31. The van der Waals surface area contributed by atoms with Crippen molar-refractivity contribution < 1.29 is 92.9 Å². The third-order valence-electron chi connectivity index (χ3n) is 9.75. The first kappa shape index (κ1) is 50.9. The smallest absolute Gasteiger partial charge is 0.306 e. The maximum atomic E-state index is 12.1. The van der Waals surface area contributed by atoms with Gasteiger partial charge in [-0.25, -0.2) is 0 Å². The average molecular weight is 837 g/mol. The van der Waals surface area contributed by atoms with Crippen LogP contribution in [-0.4, -0.2) is 153 Å². The van der Waals surface area contributed by atoms with E-state index >= 15 is 0 Å². The van der Waals surface area contributed by atoms with Crippen LogP contribution in [0.15, 0.2) is 12.2 Å². The summed E-state index contributed by atoms with van der Waals surface area (Å²) in [6, 6.07) is 0. The van der Waals surface area contributed by atoms with Gasteiger partial charge >= 0.3 is 29.8 Å². The number of esters is 3. The summed E-state index contributed by atoms with van der Waals surface area (Å²) in [5.41, 5.74) is 0. The number of carbonyl (C=O) groups excluding carboxylic acids is 3. The Hall–Kier alpha value is -3.27. The van der Waals surface area contributed by atoms with Crippen molar-refractivity contribution in [3.05, 3.63) is 12.2 Å². The molecule has 2 aliphatic heterocycles. The molecule has 2 saturated heterocycles. The van der Waals surface area contributed by atoms with E-state index in [0.29, 0.717) is 12.8 Å². The fourth-order valence-corrected chi connectivity index (χ4v) is 6.28. The van der Waals surface area contributed by atoms with E-state index in [9.17, 15) is 49.5 Å². The van der Waals surface area contributed by atoms with Gasteiger partial charge in [-0.2, -0.15) is 0 Å². The predicted octanol–water partition coefficient (Wildman–Crippen LogP) is 1.65. The molecule has 2 rings (SSSR count). The predicted molar refractivity (Wildman–Crippen MR) is 200 cm³/mol. The van der Waals surface area contributed by atoms with Crippen LogP contribution in [0.25, 0.3) is 0 Å². The SMILES string of the molecule is COC(=O)CCCCCCC/C=C\CCCCCC[C@@H](C)O[C@@H]1O[C@H](COC(=O)CCC(=O)O)[C@@H](O)[C@H](O)[C@H]1O[C@@H]1O[C@H](COC(=O)CCC(=O)O)[C@@H](O)[C@H](O)[C@H]1O. The van der Waals surface area contributed by atoms with Crippen molar-refractivity contribution in [2.75, 3.05) is 20.3 Å². The first-order valence-electron chi connectivity index (χ1n) is 20.1. The number of hydrogen-bond acceptors (Lipinski definition) is 17. The van der Waals surface area contributed by atoms with Crippen molar-refractivity contribution in [1.29, 1.82) is 0 Å². The summed E-state index contributed by atoms with van der Waals surface area (Å²) in [5.74, 6) is -4.42. The van der Waals surface area contributed by atoms with Crippen LogP contribution in [-0.2, 0) is 57.1 Å². The van der Waals surface area contributed by atoms with Gasteiger partial charge < -0.3 is 68.9 Å². The number of aliphatic carboxylic acids is 2. The van der Waals surface area contributed by atoms with Gasteiger partial charge in [-0.15, -0.1) is 0 Å². The summed E-state index contributed by atoms with van der Waals surface area (Å²) in [7, 11) is 1.40. The molecule has 0 saturated carbocycles. The molecule has 2 fully saturated rings. The Kier molecular flexibility index (Phi) is 24.8. The molecule has 7 N–H and O–H groups in total. The van der Waals surface area contributed by atoms with Gasteiger partial charge in [0.25, 0.3) is 0 Å². The lowest BCUT2D eigenvalue weighted by molar-refractivity contribution is -0.371. The van der Waals surface area contributed by atoms with E-state index in [-0.39, 0.29) is 5.97 Å². The summed E-state index contributed by atoms with van der Waals surface area (Å²) in [6.45, 7) is 0.523. The Labute approximate surface area is 338 Å². The van der Waals surface area contributed by atoms with Crippen molar-refractivity contribution in [2.45, 2.75) is 184 Å². The quantitative estimate of drug-likeness (QED) is 0.0244. The number of aliphatic hydroxyl groups excluding tert-OH is 5. The number of allylic oxidation sites excluding steroid dienone is 2. The average Bonchev–Trinajstić information content (AvgIpc) is 3.19. The van der Waals surface area contributed by atoms with Crippen molar-refractivity contribution in [2.24, 2.45) is 0 Å². The number of carboxylic acid groups (broad SMARTS) is 2. The van der Waals surface area contributed by atoms with Crippen LogP contribution < -0.4 is 0 Å². The number of unbranched alkanes of at least 4 members (excludes halogenated alkanes) is 9. The summed E-state index contributed by atoms with van der Waals surface area (Å²) in [5, 5.41) is 71.5. The van der Waals surface area contributed by atoms with E-state index in [1.807, 2.05) is 0 Å². The zero-order chi connectivity index (χ0) is 43.0. The van der Waals surface area contributed by atoms with E-state index in [0.717, 1.165) is 70.6 Å². The number of rotatable bonds is 29. The third-order valence-corrected chi connectivity index (χ3v) is 9.75. The molecule has 0 aromatic rings. The third kappa shape index (κ3) is 19.7. The van der Waals surface area contributed by atoms with Crippen molar-refractivity contribution in [1.82, 2.24) is 0 Å². The molecule has 19 nitrogen and oxygen atoms in total.